The summed E-state index contributed by atoms with van der Waals surface area (Å²) in [7, 11) is 3.25. The predicted molar refractivity (Wildman–Crippen MR) is 104 cm³/mol. The van der Waals surface area contributed by atoms with Gasteiger partial charge in [-0.2, -0.15) is 0 Å². The molecule has 1 N–H and O–H groups in total. The number of aromatic nitrogens is 1. The van der Waals surface area contributed by atoms with E-state index in [1.807, 2.05) is 16.8 Å². The third kappa shape index (κ3) is 6.50. The molecule has 0 atom stereocenters. The van der Waals surface area contributed by atoms with Crippen LogP contribution in [0.5, 0.6) is 0 Å². The van der Waals surface area contributed by atoms with Gasteiger partial charge in [0, 0.05) is 42.5 Å². The minimum absolute atomic E-state index is 0.0423. The number of likely N-dealkylation sites (N-methyl/N-ethyl adjacent to an activating group) is 1. The molecule has 0 unspecified atom stereocenters. The zero-order valence-electron chi connectivity index (χ0n) is 14.1. The number of carbonyl (C=O) groups is 2. The molecular formula is C16H20BrN3O3S2. The first-order valence-corrected chi connectivity index (χ1v) is 10.2. The average molecular weight is 446 g/mol. The van der Waals surface area contributed by atoms with Gasteiger partial charge in [0.25, 0.3) is 0 Å². The van der Waals surface area contributed by atoms with E-state index < -0.39 is 0 Å². The van der Waals surface area contributed by atoms with Crippen LogP contribution in [0.15, 0.2) is 21.3 Å². The van der Waals surface area contributed by atoms with Gasteiger partial charge in [0.1, 0.15) is 5.01 Å². The number of amides is 2. The maximum absolute atomic E-state index is 12.3. The van der Waals surface area contributed by atoms with Crippen molar-refractivity contribution in [2.24, 2.45) is 0 Å². The van der Waals surface area contributed by atoms with Gasteiger partial charge in [0.05, 0.1) is 23.5 Å². The molecule has 0 aliphatic carbocycles. The number of ether oxygens (including phenoxy) is 1. The molecule has 0 aliphatic rings. The fraction of sp³-hybridized carbons (Fsp3) is 0.438. The zero-order valence-corrected chi connectivity index (χ0v) is 17.3. The van der Waals surface area contributed by atoms with Gasteiger partial charge in [-0.15, -0.1) is 22.7 Å². The minimum Gasteiger partial charge on any atom is -0.385 e. The Morgan fingerprint density at radius 1 is 1.36 bits per heavy atom. The molecule has 0 aromatic carbocycles. The molecule has 2 aromatic rings. The lowest BCUT2D eigenvalue weighted by molar-refractivity contribution is -0.134. The summed E-state index contributed by atoms with van der Waals surface area (Å²) in [6, 6.07) is 2.01. The van der Waals surface area contributed by atoms with Gasteiger partial charge in [-0.05, 0) is 28.4 Å². The number of thiazole rings is 1. The molecule has 0 fully saturated rings. The Morgan fingerprint density at radius 3 is 2.84 bits per heavy atom. The first-order chi connectivity index (χ1) is 12.0. The summed E-state index contributed by atoms with van der Waals surface area (Å²) in [5.74, 6) is -0.300. The van der Waals surface area contributed by atoms with E-state index in [4.69, 9.17) is 4.74 Å². The topological polar surface area (TPSA) is 71.5 Å². The average Bonchev–Trinajstić information content (AvgIpc) is 3.20. The van der Waals surface area contributed by atoms with Crippen LogP contribution in [-0.2, 0) is 20.7 Å². The standard InChI is InChI=1S/C16H20BrN3O3S2/c1-20(8-14(21)18-4-3-5-23-2)15(22)7-12-10-25-16(19-12)13-6-11(17)9-24-13/h6,9-10H,3-5,7-8H2,1-2H3,(H,18,21). The normalized spacial score (nSPS) is 10.7. The van der Waals surface area contributed by atoms with Crippen molar-refractivity contribution in [1.29, 1.82) is 0 Å². The first-order valence-electron chi connectivity index (χ1n) is 7.68. The van der Waals surface area contributed by atoms with Crippen LogP contribution in [0.2, 0.25) is 0 Å². The molecule has 6 nitrogen and oxygen atoms in total. The van der Waals surface area contributed by atoms with Gasteiger partial charge in [-0.3, -0.25) is 9.59 Å². The lowest BCUT2D eigenvalue weighted by Gasteiger charge is -2.16. The Balaban J connectivity index is 1.81. The van der Waals surface area contributed by atoms with Crippen LogP contribution in [0.1, 0.15) is 12.1 Å². The number of halogens is 1. The Hall–Kier alpha value is -1.29. The SMILES string of the molecule is COCCCNC(=O)CN(C)C(=O)Cc1csc(-c2cc(Br)cs2)n1. The van der Waals surface area contributed by atoms with Crippen molar-refractivity contribution in [3.05, 3.63) is 27.0 Å². The molecular weight excluding hydrogens is 426 g/mol. The van der Waals surface area contributed by atoms with E-state index in [2.05, 4.69) is 26.2 Å². The lowest BCUT2D eigenvalue weighted by atomic mass is 10.3. The van der Waals surface area contributed by atoms with Gasteiger partial charge >= 0.3 is 0 Å². The third-order valence-corrected chi connectivity index (χ3v) is 6.07. The number of nitrogens with one attached hydrogen (secondary N) is 1. The summed E-state index contributed by atoms with van der Waals surface area (Å²) in [4.78, 5) is 31.1. The maximum atomic E-state index is 12.3. The Kier molecular flexibility index (Phi) is 8.01. The van der Waals surface area contributed by atoms with Crippen molar-refractivity contribution in [1.82, 2.24) is 15.2 Å². The second kappa shape index (κ2) is 10.0. The molecule has 0 aliphatic heterocycles. The second-order valence-corrected chi connectivity index (χ2v) is 8.08. The van der Waals surface area contributed by atoms with Gasteiger partial charge in [0.2, 0.25) is 11.8 Å². The molecule has 0 spiro atoms. The fourth-order valence-corrected chi connectivity index (χ4v) is 4.35. The van der Waals surface area contributed by atoms with E-state index in [-0.39, 0.29) is 24.8 Å². The van der Waals surface area contributed by atoms with Crippen molar-refractivity contribution in [3.8, 4) is 9.88 Å². The van der Waals surface area contributed by atoms with E-state index >= 15 is 0 Å². The molecule has 9 heteroatoms. The molecule has 0 bridgehead atoms. The summed E-state index contributed by atoms with van der Waals surface area (Å²) in [6.07, 6.45) is 0.941. The summed E-state index contributed by atoms with van der Waals surface area (Å²) in [6.45, 7) is 1.18. The van der Waals surface area contributed by atoms with Crippen molar-refractivity contribution in [3.63, 3.8) is 0 Å². The fourth-order valence-electron chi connectivity index (χ4n) is 2.02. The predicted octanol–water partition coefficient (Wildman–Crippen LogP) is 2.79. The van der Waals surface area contributed by atoms with Crippen molar-refractivity contribution >= 4 is 50.4 Å². The van der Waals surface area contributed by atoms with Crippen LogP contribution in [0, 0.1) is 0 Å². The summed E-state index contributed by atoms with van der Waals surface area (Å²) in [5, 5.41) is 7.55. The van der Waals surface area contributed by atoms with Gasteiger partial charge in [-0.1, -0.05) is 0 Å². The third-order valence-electron chi connectivity index (χ3n) is 3.32. The van der Waals surface area contributed by atoms with Crippen LogP contribution in [-0.4, -0.2) is 55.6 Å². The molecule has 0 radical (unpaired) electrons. The number of carbonyl (C=O) groups excluding carboxylic acids is 2. The van der Waals surface area contributed by atoms with Crippen molar-refractivity contribution in [2.75, 3.05) is 33.9 Å². The highest BCUT2D eigenvalue weighted by molar-refractivity contribution is 9.10. The number of methoxy groups -OCH3 is 1. The smallest absolute Gasteiger partial charge is 0.239 e. The number of rotatable bonds is 9. The highest BCUT2D eigenvalue weighted by Gasteiger charge is 2.15. The van der Waals surface area contributed by atoms with Crippen LogP contribution in [0.25, 0.3) is 9.88 Å². The molecule has 2 rings (SSSR count). The molecule has 136 valence electrons. The summed E-state index contributed by atoms with van der Waals surface area (Å²) >= 11 is 6.55. The molecule has 2 amide bonds. The summed E-state index contributed by atoms with van der Waals surface area (Å²) < 4.78 is 5.95. The Labute approximate surface area is 163 Å². The first kappa shape index (κ1) is 20.0. The second-order valence-electron chi connectivity index (χ2n) is 5.40. The maximum Gasteiger partial charge on any atom is 0.239 e. The Bertz CT molecular complexity index is 717. The highest BCUT2D eigenvalue weighted by Crippen LogP contribution is 2.32. The summed E-state index contributed by atoms with van der Waals surface area (Å²) in [5.41, 5.74) is 0.724. The van der Waals surface area contributed by atoms with Gasteiger partial charge in [-0.25, -0.2) is 4.98 Å². The van der Waals surface area contributed by atoms with E-state index in [0.29, 0.717) is 13.2 Å². The van der Waals surface area contributed by atoms with Crippen LogP contribution < -0.4 is 5.32 Å². The number of hydrogen-bond donors (Lipinski definition) is 1. The van der Waals surface area contributed by atoms with E-state index in [0.717, 1.165) is 26.5 Å². The van der Waals surface area contributed by atoms with E-state index in [9.17, 15) is 9.59 Å². The van der Waals surface area contributed by atoms with E-state index in [1.165, 1.54) is 16.2 Å². The zero-order chi connectivity index (χ0) is 18.2. The minimum atomic E-state index is -0.172. The van der Waals surface area contributed by atoms with Crippen LogP contribution in [0.4, 0.5) is 0 Å². The van der Waals surface area contributed by atoms with Gasteiger partial charge in [0.15, 0.2) is 0 Å². The molecule has 2 aromatic heterocycles. The molecule has 25 heavy (non-hydrogen) atoms. The van der Waals surface area contributed by atoms with Crippen LogP contribution in [0.3, 0.4) is 0 Å². The Morgan fingerprint density at radius 2 is 2.16 bits per heavy atom. The van der Waals surface area contributed by atoms with Crippen molar-refractivity contribution in [2.45, 2.75) is 12.8 Å². The largest absolute Gasteiger partial charge is 0.385 e. The molecule has 0 saturated heterocycles. The number of nitrogens with zero attached hydrogens (tertiary/aromatic N) is 2. The monoisotopic (exact) mass is 445 g/mol. The van der Waals surface area contributed by atoms with Crippen molar-refractivity contribution < 1.29 is 14.3 Å². The molecule has 0 saturated carbocycles. The number of hydrogen-bond acceptors (Lipinski definition) is 6. The molecule has 2 heterocycles. The quantitative estimate of drug-likeness (QED) is 0.602. The number of thiophene rings is 1. The lowest BCUT2D eigenvalue weighted by Crippen LogP contribution is -2.39. The highest BCUT2D eigenvalue weighted by atomic mass is 79.9. The van der Waals surface area contributed by atoms with Crippen LogP contribution >= 0.6 is 38.6 Å². The van der Waals surface area contributed by atoms with Gasteiger partial charge < -0.3 is 15.0 Å². The van der Waals surface area contributed by atoms with E-state index in [1.54, 1.807) is 25.5 Å².